The Morgan fingerprint density at radius 3 is 2.72 bits per heavy atom. The maximum absolute atomic E-state index is 12.0. The van der Waals surface area contributed by atoms with Gasteiger partial charge in [-0.05, 0) is 13.8 Å². The second-order valence-corrected chi connectivity index (χ2v) is 4.87. The number of nitrogen functional groups attached to an aromatic ring is 1. The average molecular weight is 271 g/mol. The van der Waals surface area contributed by atoms with Crippen LogP contribution in [0.2, 0.25) is 0 Å². The Morgan fingerprint density at radius 1 is 1.61 bits per heavy atom. The Labute approximate surface area is 109 Å². The molecular weight excluding hydrogens is 254 g/mol. The number of thiazole rings is 1. The molecule has 1 rings (SSSR count). The van der Waals surface area contributed by atoms with Crippen LogP contribution >= 0.6 is 11.3 Å². The lowest BCUT2D eigenvalue weighted by atomic mass is 10.2. The van der Waals surface area contributed by atoms with Crippen molar-refractivity contribution in [2.24, 2.45) is 0 Å². The number of carboxylic acids is 1. The highest BCUT2D eigenvalue weighted by molar-refractivity contribution is 7.13. The Balaban J connectivity index is 2.64. The van der Waals surface area contributed by atoms with Gasteiger partial charge in [-0.25, -0.2) is 4.98 Å². The minimum atomic E-state index is -0.911. The zero-order valence-corrected chi connectivity index (χ0v) is 11.2. The molecule has 6 nitrogen and oxygen atoms in total. The molecule has 18 heavy (non-hydrogen) atoms. The lowest BCUT2D eigenvalue weighted by Crippen LogP contribution is -2.40. The Hall–Kier alpha value is -1.63. The number of hydrogen-bond acceptors (Lipinski definition) is 5. The van der Waals surface area contributed by atoms with Crippen molar-refractivity contribution in [3.05, 3.63) is 11.1 Å². The highest BCUT2D eigenvalue weighted by Gasteiger charge is 2.21. The van der Waals surface area contributed by atoms with Crippen LogP contribution in [-0.4, -0.2) is 39.5 Å². The molecule has 1 atom stereocenters. The van der Waals surface area contributed by atoms with Gasteiger partial charge in [-0.15, -0.1) is 11.3 Å². The molecule has 0 saturated heterocycles. The van der Waals surface area contributed by atoms with Gasteiger partial charge in [0.25, 0.3) is 0 Å². The molecule has 0 bridgehead atoms. The van der Waals surface area contributed by atoms with Crippen LogP contribution in [0.4, 0.5) is 5.13 Å². The molecule has 0 aliphatic carbocycles. The molecular formula is C11H17N3O3S. The number of nitrogens with zero attached hydrogens (tertiary/aromatic N) is 2. The first-order valence-electron chi connectivity index (χ1n) is 5.65. The third-order valence-electron chi connectivity index (χ3n) is 2.56. The maximum Gasteiger partial charge on any atom is 0.305 e. The molecule has 0 aliphatic heterocycles. The molecule has 1 unspecified atom stereocenters. The van der Waals surface area contributed by atoms with Crippen molar-refractivity contribution in [2.45, 2.75) is 32.7 Å². The Bertz CT molecular complexity index is 433. The van der Waals surface area contributed by atoms with Gasteiger partial charge in [0, 0.05) is 18.0 Å². The molecule has 0 saturated carbocycles. The van der Waals surface area contributed by atoms with Crippen molar-refractivity contribution in [1.29, 1.82) is 0 Å². The standard InChI is InChI=1S/C11H17N3O3S/c1-3-14(7(2)4-10(16)17)9(15)5-8-6-18-11(12)13-8/h6-7H,3-5H2,1-2H3,(H2,12,13)(H,16,17). The lowest BCUT2D eigenvalue weighted by Gasteiger charge is -2.26. The summed E-state index contributed by atoms with van der Waals surface area (Å²) in [7, 11) is 0. The van der Waals surface area contributed by atoms with Crippen LogP contribution in [0.25, 0.3) is 0 Å². The number of carbonyl (C=O) groups is 2. The molecule has 3 N–H and O–H groups in total. The number of aromatic nitrogens is 1. The van der Waals surface area contributed by atoms with Gasteiger partial charge in [0.1, 0.15) is 0 Å². The SMILES string of the molecule is CCN(C(=O)Cc1csc(N)n1)C(C)CC(=O)O. The highest BCUT2D eigenvalue weighted by atomic mass is 32.1. The molecule has 1 aromatic rings. The predicted molar refractivity (Wildman–Crippen MR) is 69.3 cm³/mol. The molecule has 0 fully saturated rings. The van der Waals surface area contributed by atoms with E-state index in [2.05, 4.69) is 4.98 Å². The third kappa shape index (κ3) is 3.99. The fourth-order valence-corrected chi connectivity index (χ4v) is 2.32. The monoisotopic (exact) mass is 271 g/mol. The fraction of sp³-hybridized carbons (Fsp3) is 0.545. The van der Waals surface area contributed by atoms with Gasteiger partial charge < -0.3 is 15.7 Å². The van der Waals surface area contributed by atoms with E-state index in [0.717, 1.165) is 0 Å². The van der Waals surface area contributed by atoms with Gasteiger partial charge in [0.05, 0.1) is 18.5 Å². The van der Waals surface area contributed by atoms with Crippen molar-refractivity contribution < 1.29 is 14.7 Å². The zero-order chi connectivity index (χ0) is 13.7. The predicted octanol–water partition coefficient (Wildman–Crippen LogP) is 0.979. The van der Waals surface area contributed by atoms with Crippen LogP contribution < -0.4 is 5.73 Å². The smallest absolute Gasteiger partial charge is 0.305 e. The second kappa shape index (κ2) is 6.34. The van der Waals surface area contributed by atoms with Crippen molar-refractivity contribution in [3.8, 4) is 0 Å². The molecule has 1 heterocycles. The van der Waals surface area contributed by atoms with E-state index in [9.17, 15) is 9.59 Å². The highest BCUT2D eigenvalue weighted by Crippen LogP contribution is 2.13. The molecule has 1 amide bonds. The van der Waals surface area contributed by atoms with Crippen molar-refractivity contribution in [2.75, 3.05) is 12.3 Å². The topological polar surface area (TPSA) is 96.5 Å². The quantitative estimate of drug-likeness (QED) is 0.804. The number of nitrogens with two attached hydrogens (primary N) is 1. The van der Waals surface area contributed by atoms with Crippen LogP contribution in [-0.2, 0) is 16.0 Å². The number of rotatable bonds is 6. The minimum absolute atomic E-state index is 0.0568. The summed E-state index contributed by atoms with van der Waals surface area (Å²) in [6.07, 6.45) is 0.101. The number of carbonyl (C=O) groups excluding carboxylic acids is 1. The van der Waals surface area contributed by atoms with Gasteiger partial charge in [-0.2, -0.15) is 0 Å². The van der Waals surface area contributed by atoms with Crippen molar-refractivity contribution in [3.63, 3.8) is 0 Å². The summed E-state index contributed by atoms with van der Waals surface area (Å²) in [5, 5.41) is 10.9. The van der Waals surface area contributed by atoms with E-state index in [4.69, 9.17) is 10.8 Å². The third-order valence-corrected chi connectivity index (χ3v) is 3.29. The summed E-state index contributed by atoms with van der Waals surface area (Å²) in [6, 6.07) is -0.323. The van der Waals surface area contributed by atoms with E-state index in [1.165, 1.54) is 11.3 Å². The molecule has 0 aliphatic rings. The van der Waals surface area contributed by atoms with Gasteiger partial charge >= 0.3 is 5.97 Å². The van der Waals surface area contributed by atoms with Crippen LogP contribution in [0, 0.1) is 0 Å². The van der Waals surface area contributed by atoms with Crippen LogP contribution in [0.1, 0.15) is 26.0 Å². The average Bonchev–Trinajstić information content (AvgIpc) is 2.63. The molecule has 0 spiro atoms. The first kappa shape index (κ1) is 14.4. The van der Waals surface area contributed by atoms with E-state index in [1.54, 1.807) is 17.2 Å². The summed E-state index contributed by atoms with van der Waals surface area (Å²) in [6.45, 7) is 4.03. The van der Waals surface area contributed by atoms with Gasteiger partial charge in [0.15, 0.2) is 5.13 Å². The number of hydrogen-bond donors (Lipinski definition) is 2. The fourth-order valence-electron chi connectivity index (χ4n) is 1.76. The minimum Gasteiger partial charge on any atom is -0.481 e. The van der Waals surface area contributed by atoms with E-state index >= 15 is 0 Å². The van der Waals surface area contributed by atoms with Crippen LogP contribution in [0.3, 0.4) is 0 Å². The summed E-state index contributed by atoms with van der Waals surface area (Å²) in [4.78, 5) is 28.2. The molecule has 7 heteroatoms. The Morgan fingerprint density at radius 2 is 2.28 bits per heavy atom. The lowest BCUT2D eigenvalue weighted by molar-refractivity contribution is -0.140. The Kier molecular flexibility index (Phi) is 5.08. The first-order valence-corrected chi connectivity index (χ1v) is 6.53. The number of anilines is 1. The number of carboxylic acid groups (broad SMARTS) is 1. The van der Waals surface area contributed by atoms with E-state index in [0.29, 0.717) is 17.4 Å². The largest absolute Gasteiger partial charge is 0.481 e. The summed E-state index contributed by atoms with van der Waals surface area (Å²) in [5.41, 5.74) is 6.12. The molecule has 0 aromatic carbocycles. The van der Waals surface area contributed by atoms with E-state index < -0.39 is 5.97 Å². The molecule has 0 radical (unpaired) electrons. The summed E-state index contributed by atoms with van der Waals surface area (Å²) >= 11 is 1.29. The number of aliphatic carboxylic acids is 1. The maximum atomic E-state index is 12.0. The van der Waals surface area contributed by atoms with Gasteiger partial charge in [0.2, 0.25) is 5.91 Å². The van der Waals surface area contributed by atoms with Gasteiger partial charge in [-0.3, -0.25) is 9.59 Å². The van der Waals surface area contributed by atoms with Crippen molar-refractivity contribution in [1.82, 2.24) is 9.88 Å². The molecule has 1 aromatic heterocycles. The van der Waals surface area contributed by atoms with Crippen LogP contribution in [0.15, 0.2) is 5.38 Å². The number of amides is 1. The number of likely N-dealkylation sites (N-methyl/N-ethyl adjacent to an activating group) is 1. The normalized spacial score (nSPS) is 12.1. The zero-order valence-electron chi connectivity index (χ0n) is 10.4. The second-order valence-electron chi connectivity index (χ2n) is 3.98. The molecule has 100 valence electrons. The van der Waals surface area contributed by atoms with E-state index in [1.807, 2.05) is 6.92 Å². The van der Waals surface area contributed by atoms with Crippen LogP contribution in [0.5, 0.6) is 0 Å². The summed E-state index contributed by atoms with van der Waals surface area (Å²) in [5.74, 6) is -1.04. The first-order chi connectivity index (χ1) is 8.43. The van der Waals surface area contributed by atoms with E-state index in [-0.39, 0.29) is 24.8 Å². The van der Waals surface area contributed by atoms with Gasteiger partial charge in [-0.1, -0.05) is 0 Å². The van der Waals surface area contributed by atoms with Crippen molar-refractivity contribution >= 4 is 28.3 Å². The summed E-state index contributed by atoms with van der Waals surface area (Å²) < 4.78 is 0.